The zero-order valence-electron chi connectivity index (χ0n) is 6.83. The average molecular weight is 172 g/mol. The third kappa shape index (κ3) is 2.02. The molecule has 4 nitrogen and oxygen atoms in total. The van der Waals surface area contributed by atoms with Crippen molar-refractivity contribution in [1.82, 2.24) is 0 Å². The van der Waals surface area contributed by atoms with E-state index in [0.29, 0.717) is 0 Å². The largest absolute Gasteiger partial charge is 1.00 e. The normalized spacial score (nSPS) is 21.8. The second-order valence-electron chi connectivity index (χ2n) is 2.09. The number of hydrogen-bond acceptors (Lipinski definition) is 4. The summed E-state index contributed by atoms with van der Waals surface area (Å²) < 4.78 is 0. The van der Waals surface area contributed by atoms with Gasteiger partial charge >= 0.3 is 29.6 Å². The van der Waals surface area contributed by atoms with E-state index in [0.717, 1.165) is 0 Å². The molecule has 0 spiro atoms. The molecule has 1 N–H and O–H groups in total. The van der Waals surface area contributed by atoms with Gasteiger partial charge in [0.05, 0.1) is 0 Å². The maximum atomic E-state index is 10.9. The van der Waals surface area contributed by atoms with Crippen molar-refractivity contribution >= 4 is 12.0 Å². The summed E-state index contributed by atoms with van der Waals surface area (Å²) in [4.78, 5) is 14.2. The molecule has 0 amide bonds. The quantitative estimate of drug-likeness (QED) is 0.307. The van der Waals surface area contributed by atoms with Gasteiger partial charge in [-0.25, -0.2) is 0 Å². The topological polar surface area (TPSA) is 73.4 Å². The van der Waals surface area contributed by atoms with Crippen molar-refractivity contribution in [2.45, 2.75) is 13.2 Å². The number of nitriles is 1. The minimum Gasteiger partial charge on any atom is -0.367 e. The third-order valence-corrected chi connectivity index (χ3v) is 1.39. The number of carbonyl (C=O) groups excluding carboxylic acids is 1. The average Bonchev–Trinajstić information content (AvgIpc) is 2.01. The van der Waals surface area contributed by atoms with Gasteiger partial charge in [0.25, 0.3) is 0 Å². The summed E-state index contributed by atoms with van der Waals surface area (Å²) in [6, 6.07) is 1.75. The molecule has 0 bridgehead atoms. The molecule has 0 aliphatic carbocycles. The fourth-order valence-electron chi connectivity index (χ4n) is 0.694. The molecule has 0 aromatic heterocycles. The molecule has 0 saturated carbocycles. The minimum atomic E-state index is -1.37. The number of rotatable bonds is 0. The first-order valence-corrected chi connectivity index (χ1v) is 2.96. The third-order valence-electron chi connectivity index (χ3n) is 1.39. The number of hydrogen-bond donors (Lipinski definition) is 1. The van der Waals surface area contributed by atoms with Crippen molar-refractivity contribution in [3.05, 3.63) is 11.1 Å². The summed E-state index contributed by atoms with van der Waals surface area (Å²) in [5.74, 6) is -0.527. The van der Waals surface area contributed by atoms with Crippen LogP contribution < -0.4 is 29.6 Å². The van der Waals surface area contributed by atoms with Crippen molar-refractivity contribution in [1.29, 1.82) is 5.26 Å². The van der Waals surface area contributed by atoms with E-state index in [1.54, 1.807) is 6.07 Å². The molecule has 1 heterocycles. The molecule has 0 saturated heterocycles. The molecule has 1 rings (SSSR count). The molecule has 0 aromatic rings. The summed E-state index contributed by atoms with van der Waals surface area (Å²) in [5.41, 5.74) is 0.315. The summed E-state index contributed by atoms with van der Waals surface area (Å²) >= 11 is 0. The maximum absolute atomic E-state index is 10.9. The molecule has 0 fully saturated rings. The van der Waals surface area contributed by atoms with Crippen LogP contribution in [0.15, 0.2) is 16.1 Å². The number of ketones is 1. The first-order chi connectivity index (χ1) is 5.16. The summed E-state index contributed by atoms with van der Waals surface area (Å²) in [6.07, 6.45) is 0.903. The summed E-state index contributed by atoms with van der Waals surface area (Å²) in [6.45, 7) is 1.46. The second kappa shape index (κ2) is 4.53. The van der Waals surface area contributed by atoms with Crippen LogP contribution in [0.25, 0.3) is 0 Å². The number of nitrogens with zero attached hydrogens (tertiary/aromatic N) is 2. The maximum Gasteiger partial charge on any atom is 1.00 e. The number of aliphatic hydroxyl groups excluding tert-OH is 1. The Hall–Kier alpha value is -0.470. The van der Waals surface area contributed by atoms with E-state index in [2.05, 4.69) is 11.2 Å². The Morgan fingerprint density at radius 3 is 2.83 bits per heavy atom. The Morgan fingerprint density at radius 1 is 1.75 bits per heavy atom. The van der Waals surface area contributed by atoms with Crippen LogP contribution in [0.5, 0.6) is 0 Å². The molecular formula is C7H5N2NaO2. The smallest absolute Gasteiger partial charge is 0.367 e. The minimum absolute atomic E-state index is 0. The summed E-state index contributed by atoms with van der Waals surface area (Å²) in [7, 11) is 0. The van der Waals surface area contributed by atoms with Crippen molar-refractivity contribution in [3.8, 4) is 6.07 Å². The van der Waals surface area contributed by atoms with E-state index in [1.165, 1.54) is 6.92 Å². The van der Waals surface area contributed by atoms with Gasteiger partial charge in [0.1, 0.15) is 0 Å². The van der Waals surface area contributed by atoms with Gasteiger partial charge in [0.15, 0.2) is 12.0 Å². The van der Waals surface area contributed by atoms with Crippen LogP contribution in [0, 0.1) is 11.3 Å². The molecule has 1 aliphatic heterocycles. The van der Waals surface area contributed by atoms with Crippen LogP contribution in [0.4, 0.5) is 0 Å². The number of carbonyl (C=O) groups is 1. The number of aliphatic imine (C=N–C) groups is 1. The number of allylic oxidation sites excluding steroid dienone is 1. The van der Waals surface area contributed by atoms with Gasteiger partial charge in [-0.2, -0.15) is 0 Å². The van der Waals surface area contributed by atoms with Gasteiger partial charge in [-0.15, -0.1) is 5.57 Å². The van der Waals surface area contributed by atoms with Crippen molar-refractivity contribution in [2.75, 3.05) is 0 Å². The van der Waals surface area contributed by atoms with Gasteiger partial charge in [-0.1, -0.05) is 24.8 Å². The van der Waals surface area contributed by atoms with Crippen molar-refractivity contribution in [3.63, 3.8) is 0 Å². The van der Waals surface area contributed by atoms with E-state index in [4.69, 9.17) is 10.4 Å². The van der Waals surface area contributed by atoms with Gasteiger partial charge < -0.3 is 14.9 Å². The molecule has 1 atom stereocenters. The zero-order valence-corrected chi connectivity index (χ0v) is 8.83. The standard InChI is InChI=1S/C7H5N2O2.Na/c1-4-5(2-8)3-9-7(11)6(4)10;/h7,11H,1H3;/q-1;+1. The first-order valence-electron chi connectivity index (χ1n) is 2.96. The zero-order chi connectivity index (χ0) is 8.43. The second-order valence-corrected chi connectivity index (χ2v) is 2.09. The molecule has 5 heteroatoms. The van der Waals surface area contributed by atoms with E-state index >= 15 is 0 Å². The van der Waals surface area contributed by atoms with Crippen LogP contribution in [-0.2, 0) is 4.79 Å². The Bertz CT molecular complexity index is 301. The molecule has 12 heavy (non-hydrogen) atoms. The van der Waals surface area contributed by atoms with Crippen LogP contribution in [0.3, 0.4) is 0 Å². The van der Waals surface area contributed by atoms with E-state index in [9.17, 15) is 4.79 Å². The van der Waals surface area contributed by atoms with Crippen molar-refractivity contribution < 1.29 is 39.5 Å². The van der Waals surface area contributed by atoms with Gasteiger partial charge in [-0.3, -0.25) is 5.26 Å². The Balaban J connectivity index is 0.00000121. The van der Waals surface area contributed by atoms with E-state index < -0.39 is 12.0 Å². The van der Waals surface area contributed by atoms with Gasteiger partial charge in [0, 0.05) is 0 Å². The molecular weight excluding hydrogens is 167 g/mol. The fourth-order valence-corrected chi connectivity index (χ4v) is 0.694. The molecule has 0 radical (unpaired) electrons. The van der Waals surface area contributed by atoms with Crippen molar-refractivity contribution in [2.24, 2.45) is 4.99 Å². The Kier molecular flexibility index (Phi) is 4.35. The van der Waals surface area contributed by atoms with Crippen LogP contribution in [0.2, 0.25) is 0 Å². The fraction of sp³-hybridized carbons (Fsp3) is 0.286. The van der Waals surface area contributed by atoms with Crippen LogP contribution in [-0.4, -0.2) is 23.3 Å². The van der Waals surface area contributed by atoms with Crippen LogP contribution in [0.1, 0.15) is 6.92 Å². The predicted octanol–water partition coefficient (Wildman–Crippen LogP) is -3.32. The van der Waals surface area contributed by atoms with E-state index in [1.807, 2.05) is 0 Å². The molecule has 56 valence electrons. The molecule has 1 unspecified atom stereocenters. The number of Topliss-reactive ketones (excluding diaryl/α,β-unsaturated/α-hetero) is 1. The monoisotopic (exact) mass is 172 g/mol. The van der Waals surface area contributed by atoms with Gasteiger partial charge in [0.2, 0.25) is 0 Å². The van der Waals surface area contributed by atoms with Gasteiger partial charge in [-0.05, 0) is 0 Å². The van der Waals surface area contributed by atoms with E-state index in [-0.39, 0.29) is 40.7 Å². The number of aliphatic hydroxyl groups is 1. The molecule has 1 aliphatic rings. The number of dihydropyridines is 1. The SMILES string of the molecule is CC1=C(C#N)[C-]=NC(O)C1=O.[Na+]. The predicted molar refractivity (Wildman–Crippen MR) is 36.8 cm³/mol. The molecule has 0 aromatic carbocycles. The Morgan fingerprint density at radius 2 is 2.33 bits per heavy atom. The summed E-state index contributed by atoms with van der Waals surface area (Å²) in [5, 5.41) is 17.2. The first kappa shape index (κ1) is 11.5. The Labute approximate surface area is 91.9 Å². The van der Waals surface area contributed by atoms with Crippen LogP contribution >= 0.6 is 0 Å².